The van der Waals surface area contributed by atoms with Gasteiger partial charge < -0.3 is 18.9 Å². The zero-order valence-electron chi connectivity index (χ0n) is 39.1. The van der Waals surface area contributed by atoms with Crippen LogP contribution in [0.4, 0.5) is 0 Å². The molecule has 0 saturated heterocycles. The molecule has 0 aliphatic carbocycles. The number of hydrogen-bond donors (Lipinski definition) is 2. The molecule has 0 fully saturated rings. The van der Waals surface area contributed by atoms with E-state index in [4.69, 9.17) is 19.6 Å². The summed E-state index contributed by atoms with van der Waals surface area (Å²) in [6.07, 6.45) is 38.9. The summed E-state index contributed by atoms with van der Waals surface area (Å²) in [6.45, 7) is 4.46. The Balaban J connectivity index is 0. The number of quaternary nitrogens is 1. The lowest BCUT2D eigenvalue weighted by Crippen LogP contribution is -2.37. The third-order valence-electron chi connectivity index (χ3n) is 10.1. The van der Waals surface area contributed by atoms with Gasteiger partial charge in [-0.15, -0.1) is 0 Å². The number of ether oxygens (including phenoxy) is 2. The second-order valence-electron chi connectivity index (χ2n) is 17.0. The van der Waals surface area contributed by atoms with E-state index < -0.39 is 26.5 Å². The van der Waals surface area contributed by atoms with Gasteiger partial charge in [-0.1, -0.05) is 202 Å². The van der Waals surface area contributed by atoms with Crippen molar-refractivity contribution in [1.82, 2.24) is 0 Å². The molecule has 0 spiro atoms. The Bertz CT molecular complexity index is 1000. The lowest BCUT2D eigenvalue weighted by molar-refractivity contribution is -0.870. The maximum Gasteiger partial charge on any atom is 0.472 e. The van der Waals surface area contributed by atoms with E-state index in [2.05, 4.69) is 21.9 Å². The Kier molecular flexibility index (Phi) is 43.5. The lowest BCUT2D eigenvalue weighted by Gasteiger charge is -2.24. The molecule has 0 saturated carbocycles. The van der Waals surface area contributed by atoms with Gasteiger partial charge in [-0.25, -0.2) is 4.57 Å². The van der Waals surface area contributed by atoms with Crippen LogP contribution in [0.1, 0.15) is 219 Å². The lowest BCUT2D eigenvalue weighted by atomic mass is 10.0. The third-order valence-corrected chi connectivity index (χ3v) is 11.1. The van der Waals surface area contributed by atoms with Crippen molar-refractivity contribution >= 4 is 38.6 Å². The van der Waals surface area contributed by atoms with Crippen molar-refractivity contribution in [2.45, 2.75) is 225 Å². The molecule has 1 N–H and O–H groups in total. The van der Waals surface area contributed by atoms with Gasteiger partial charge in [0.05, 0.1) is 27.7 Å². The number of phosphoric ester groups is 1. The minimum atomic E-state index is -4.37. The molecule has 0 rings (SSSR count). The number of carbonyl (C=O) groups excluding carboxylic acids is 2. The number of hydrogen-bond acceptors (Lipinski definition) is 7. The molecule has 3 unspecified atom stereocenters. The van der Waals surface area contributed by atoms with E-state index in [1.54, 1.807) is 6.26 Å². The number of carbonyl (C=O) groups is 2. The normalized spacial score (nSPS) is 13.9. The average Bonchev–Trinajstić information content (AvgIpc) is 3.15. The van der Waals surface area contributed by atoms with Crippen LogP contribution in [0.3, 0.4) is 0 Å². The van der Waals surface area contributed by atoms with Gasteiger partial charge in [0.15, 0.2) is 6.10 Å². The number of nitrogens with zero attached hydrogens (tertiary/aromatic N) is 1. The summed E-state index contributed by atoms with van der Waals surface area (Å²) in [4.78, 5) is 35.4. The average molecular weight is 872 g/mol. The molecule has 0 bridgehead atoms. The third kappa shape index (κ3) is 49.9. The van der Waals surface area contributed by atoms with Crippen LogP contribution in [0, 0.1) is 0 Å². The maximum absolute atomic E-state index is 12.7. The monoisotopic (exact) mass is 872 g/mol. The number of unbranched alkanes of at least 4 members (excludes halogenated alkanes) is 28. The zero-order chi connectivity index (χ0) is 43.6. The first kappa shape index (κ1) is 56.7. The van der Waals surface area contributed by atoms with E-state index >= 15 is 0 Å². The van der Waals surface area contributed by atoms with Gasteiger partial charge in [0, 0.05) is 12.8 Å². The molecule has 0 heterocycles. The van der Waals surface area contributed by atoms with Gasteiger partial charge in [-0.05, 0) is 19.1 Å². The first-order chi connectivity index (χ1) is 27.7. The molecule has 3 atom stereocenters. The van der Waals surface area contributed by atoms with Gasteiger partial charge >= 0.3 is 19.8 Å². The summed E-state index contributed by atoms with van der Waals surface area (Å²) in [5.41, 5.74) is 0. The summed E-state index contributed by atoms with van der Waals surface area (Å²) in [5.74, 6) is -0.782. The highest BCUT2D eigenvalue weighted by Gasteiger charge is 2.27. The quantitative estimate of drug-likeness (QED) is 0.0205. The van der Waals surface area contributed by atoms with Crippen LogP contribution in [-0.2, 0) is 43.5 Å². The number of thiol groups is 1. The summed E-state index contributed by atoms with van der Waals surface area (Å²) in [7, 11) is 4.19. The van der Waals surface area contributed by atoms with Crippen molar-refractivity contribution in [3.05, 3.63) is 0 Å². The predicted molar refractivity (Wildman–Crippen MR) is 248 cm³/mol. The molecule has 57 heavy (non-hydrogen) atoms. The fraction of sp³-hybridized carbons (Fsp3) is 0.956. The SMILES string of the molecule is CCCCCCCCCCCCCCCCCC(=O)OCC(COP(=O)(O)OCC[N+](C)(C)C)OC(=O)CCCCCCCCCCCCCCCCC.[2H]S(C)=P. The van der Waals surface area contributed by atoms with Crippen LogP contribution in [0.25, 0.3) is 0 Å². The molecule has 12 heteroatoms. The summed E-state index contributed by atoms with van der Waals surface area (Å²) in [5, 5.41) is 0. The molecule has 0 aromatic heterocycles. The molecule has 342 valence electrons. The van der Waals surface area contributed by atoms with E-state index in [0.717, 1.165) is 38.5 Å². The minimum Gasteiger partial charge on any atom is -0.462 e. The van der Waals surface area contributed by atoms with Gasteiger partial charge in [0.2, 0.25) is 0 Å². The van der Waals surface area contributed by atoms with E-state index in [1.807, 2.05) is 21.1 Å². The Morgan fingerprint density at radius 2 is 0.912 bits per heavy atom. The Hall–Kier alpha value is -0.340. The van der Waals surface area contributed by atoms with Crippen LogP contribution in [-0.4, -0.2) is 82.3 Å². The van der Waals surface area contributed by atoms with Gasteiger partial charge in [-0.2, -0.15) is 10.8 Å². The fourth-order valence-corrected chi connectivity index (χ4v) is 7.29. The first-order valence-electron chi connectivity index (χ1n) is 23.8. The molecule has 0 aliphatic rings. The largest absolute Gasteiger partial charge is 0.472 e. The highest BCUT2D eigenvalue weighted by atomic mass is 32.5. The molecule has 0 aromatic carbocycles. The maximum atomic E-state index is 12.7. The topological polar surface area (TPSA) is 108 Å². The van der Waals surface area contributed by atoms with E-state index in [0.29, 0.717) is 17.4 Å². The Morgan fingerprint density at radius 1 is 0.596 bits per heavy atom. The van der Waals surface area contributed by atoms with Crippen LogP contribution in [0.2, 0.25) is 0 Å². The van der Waals surface area contributed by atoms with E-state index in [9.17, 15) is 19.0 Å². The Labute approximate surface area is 359 Å². The molecule has 0 aliphatic heterocycles. The number of esters is 2. The predicted octanol–water partition coefficient (Wildman–Crippen LogP) is 13.3. The summed E-state index contributed by atoms with van der Waals surface area (Å²) in [6, 6.07) is 0. The molecule has 9 nitrogen and oxygen atoms in total. The van der Waals surface area contributed by atoms with E-state index in [-0.39, 0.29) is 36.4 Å². The van der Waals surface area contributed by atoms with Gasteiger partial charge in [-0.3, -0.25) is 18.6 Å². The van der Waals surface area contributed by atoms with E-state index in [1.165, 1.54) is 154 Å². The zero-order valence-corrected chi connectivity index (χ0v) is 40.9. The van der Waals surface area contributed by atoms with Crippen molar-refractivity contribution in [2.24, 2.45) is 0 Å². The van der Waals surface area contributed by atoms with Crippen LogP contribution in [0.5, 0.6) is 0 Å². The van der Waals surface area contributed by atoms with Crippen LogP contribution in [0.15, 0.2) is 0 Å². The highest BCUT2D eigenvalue weighted by molar-refractivity contribution is 8.01. The molecular weight excluding hydrogens is 777 g/mol. The number of phosphoric acid groups is 1. The summed E-state index contributed by atoms with van der Waals surface area (Å²) >= 11 is 0. The van der Waals surface area contributed by atoms with Gasteiger partial charge in [0.25, 0.3) is 0 Å². The van der Waals surface area contributed by atoms with Crippen molar-refractivity contribution in [3.63, 3.8) is 0 Å². The smallest absolute Gasteiger partial charge is 0.462 e. The summed E-state index contributed by atoms with van der Waals surface area (Å²) < 4.78 is 40.9. The number of likely N-dealkylation sites (N-methyl/N-ethyl adjacent to an activating group) is 1. The van der Waals surface area contributed by atoms with Crippen molar-refractivity contribution in [2.75, 3.05) is 53.8 Å². The fourth-order valence-electron chi connectivity index (χ4n) is 6.54. The van der Waals surface area contributed by atoms with Crippen LogP contribution < -0.4 is 0 Å². The molecule has 0 aromatic rings. The standard InChI is InChI=1S/C44H88NO8P.CH5PS/c1-6-8-10-12-14-16-18-20-22-24-26-28-30-32-34-36-43(46)50-40-42(41-52-54(48,49)51-39-38-45(3,4)5)53-44(47)37-35-33-31-29-27-25-23-21-19-17-15-13-11-9-7-2;1-3-2/h42H,6-41H2,1-5H3;2-3H,1H3/p+1/i;3D. The van der Waals surface area contributed by atoms with Crippen molar-refractivity contribution in [1.29, 1.82) is 1.12 Å². The first-order valence-corrected chi connectivity index (χ1v) is 27.3. The molecular formula is C45H94NO8P2S+. The molecule has 0 radical (unpaired) electrons. The second-order valence-corrected chi connectivity index (χ2v) is 20.1. The van der Waals surface area contributed by atoms with Crippen LogP contribution >= 0.6 is 15.8 Å². The molecule has 0 amide bonds. The highest BCUT2D eigenvalue weighted by Crippen LogP contribution is 2.43. The number of rotatable bonds is 42. The minimum absolute atomic E-state index is 0.0369. The van der Waals surface area contributed by atoms with Gasteiger partial charge in [0.1, 0.15) is 20.9 Å². The van der Waals surface area contributed by atoms with Crippen molar-refractivity contribution < 1.29 is 42.1 Å². The second kappa shape index (κ2) is 43.7. The Morgan fingerprint density at radius 3 is 1.25 bits per heavy atom. The van der Waals surface area contributed by atoms with Crippen molar-refractivity contribution in [3.8, 4) is 0 Å².